The molecule has 17 heavy (non-hydrogen) atoms. The van der Waals surface area contributed by atoms with Crippen LogP contribution >= 0.6 is 0 Å². The van der Waals surface area contributed by atoms with Gasteiger partial charge in [0.15, 0.2) is 0 Å². The van der Waals surface area contributed by atoms with Gasteiger partial charge in [-0.1, -0.05) is 49.6 Å². The molecule has 0 aliphatic heterocycles. The molecule has 0 spiro atoms. The molecule has 1 aromatic rings. The predicted octanol–water partition coefficient (Wildman–Crippen LogP) is 3.79. The Morgan fingerprint density at radius 3 is 2.65 bits per heavy atom. The van der Waals surface area contributed by atoms with Gasteiger partial charge in [0, 0.05) is 6.04 Å². The first-order valence-electron chi connectivity index (χ1n) is 7.12. The molecule has 0 radical (unpaired) electrons. The van der Waals surface area contributed by atoms with Gasteiger partial charge >= 0.3 is 0 Å². The maximum absolute atomic E-state index is 3.65. The molecule has 1 fully saturated rings. The van der Waals surface area contributed by atoms with Gasteiger partial charge in [-0.3, -0.25) is 0 Å². The second-order valence-corrected chi connectivity index (χ2v) is 5.47. The van der Waals surface area contributed by atoms with Crippen LogP contribution in [0.3, 0.4) is 0 Å². The van der Waals surface area contributed by atoms with Crippen molar-refractivity contribution < 1.29 is 0 Å². The van der Waals surface area contributed by atoms with Crippen LogP contribution in [0.1, 0.15) is 44.6 Å². The lowest BCUT2D eigenvalue weighted by molar-refractivity contribution is 0.287. The summed E-state index contributed by atoms with van der Waals surface area (Å²) in [5, 5.41) is 3.65. The second kappa shape index (κ2) is 6.80. The van der Waals surface area contributed by atoms with E-state index in [4.69, 9.17) is 0 Å². The van der Waals surface area contributed by atoms with Crippen molar-refractivity contribution >= 4 is 0 Å². The highest BCUT2D eigenvalue weighted by Crippen LogP contribution is 2.28. The van der Waals surface area contributed by atoms with Crippen molar-refractivity contribution in [2.75, 3.05) is 6.54 Å². The third-order valence-electron chi connectivity index (χ3n) is 3.98. The molecule has 1 unspecified atom stereocenters. The molecule has 94 valence electrons. The lowest BCUT2D eigenvalue weighted by Gasteiger charge is -2.26. The van der Waals surface area contributed by atoms with E-state index in [0.717, 1.165) is 5.92 Å². The molecule has 1 heteroatoms. The Balaban J connectivity index is 1.55. The van der Waals surface area contributed by atoms with Crippen LogP contribution in [0, 0.1) is 5.92 Å². The summed E-state index contributed by atoms with van der Waals surface area (Å²) in [7, 11) is 0. The maximum atomic E-state index is 3.65. The predicted molar refractivity (Wildman–Crippen MR) is 74.2 cm³/mol. The molecular formula is C16H25N. The van der Waals surface area contributed by atoms with Crippen LogP contribution in [0.4, 0.5) is 0 Å². The van der Waals surface area contributed by atoms with Crippen molar-refractivity contribution in [1.82, 2.24) is 5.32 Å². The first-order chi connectivity index (χ1) is 8.34. The molecule has 1 N–H and O–H groups in total. The zero-order chi connectivity index (χ0) is 11.9. The van der Waals surface area contributed by atoms with Crippen LogP contribution in [-0.4, -0.2) is 12.6 Å². The fourth-order valence-electron chi connectivity index (χ4n) is 2.45. The van der Waals surface area contributed by atoms with Crippen LogP contribution in [0.2, 0.25) is 0 Å². The van der Waals surface area contributed by atoms with Crippen LogP contribution in [0.25, 0.3) is 0 Å². The first kappa shape index (κ1) is 12.6. The van der Waals surface area contributed by atoms with E-state index in [1.54, 1.807) is 0 Å². The fourth-order valence-corrected chi connectivity index (χ4v) is 2.45. The number of benzene rings is 1. The molecule has 1 aliphatic carbocycles. The molecule has 2 rings (SSSR count). The van der Waals surface area contributed by atoms with Crippen LogP contribution < -0.4 is 5.32 Å². The number of rotatable bonds is 7. The molecule has 0 saturated heterocycles. The molecule has 0 aromatic heterocycles. The van der Waals surface area contributed by atoms with E-state index in [2.05, 4.69) is 42.6 Å². The van der Waals surface area contributed by atoms with Gasteiger partial charge in [-0.25, -0.2) is 0 Å². The van der Waals surface area contributed by atoms with Gasteiger partial charge in [0.05, 0.1) is 0 Å². The quantitative estimate of drug-likeness (QED) is 0.753. The van der Waals surface area contributed by atoms with E-state index >= 15 is 0 Å². The summed E-state index contributed by atoms with van der Waals surface area (Å²) in [6, 6.07) is 11.4. The number of hydrogen-bond acceptors (Lipinski definition) is 1. The highest BCUT2D eigenvalue weighted by Gasteiger charge is 2.16. The summed E-state index contributed by atoms with van der Waals surface area (Å²) in [5.41, 5.74) is 1.46. The smallest absolute Gasteiger partial charge is 0.00418 e. The summed E-state index contributed by atoms with van der Waals surface area (Å²) in [6.07, 6.45) is 8.23. The van der Waals surface area contributed by atoms with Crippen molar-refractivity contribution in [2.24, 2.45) is 5.92 Å². The zero-order valence-corrected chi connectivity index (χ0v) is 11.0. The Morgan fingerprint density at radius 2 is 2.00 bits per heavy atom. The Labute approximate surface area is 106 Å². The molecule has 0 amide bonds. The summed E-state index contributed by atoms with van der Waals surface area (Å²) in [5.74, 6) is 1.03. The topological polar surface area (TPSA) is 12.0 Å². The van der Waals surface area contributed by atoms with Gasteiger partial charge in [0.2, 0.25) is 0 Å². The maximum Gasteiger partial charge on any atom is 0.00418 e. The molecule has 1 saturated carbocycles. The lowest BCUT2D eigenvalue weighted by atomic mass is 9.83. The minimum Gasteiger partial charge on any atom is -0.314 e. The number of hydrogen-bond donors (Lipinski definition) is 1. The summed E-state index contributed by atoms with van der Waals surface area (Å²) < 4.78 is 0. The normalized spacial score (nSPS) is 17.7. The van der Waals surface area contributed by atoms with Crippen molar-refractivity contribution in [2.45, 2.75) is 51.5 Å². The zero-order valence-electron chi connectivity index (χ0n) is 11.0. The molecular weight excluding hydrogens is 206 g/mol. The van der Waals surface area contributed by atoms with Gasteiger partial charge < -0.3 is 5.32 Å². The summed E-state index contributed by atoms with van der Waals surface area (Å²) in [4.78, 5) is 0. The minimum atomic E-state index is 0.648. The molecule has 1 aromatic carbocycles. The standard InChI is InChI=1S/C16H25N/c1-14(17-13-12-16-8-5-9-16)10-11-15-6-3-2-4-7-15/h2-4,6-7,14,16-17H,5,8-13H2,1H3. The lowest BCUT2D eigenvalue weighted by Crippen LogP contribution is -2.29. The average molecular weight is 231 g/mol. The Kier molecular flexibility index (Phi) is 5.06. The highest BCUT2D eigenvalue weighted by atomic mass is 14.9. The van der Waals surface area contributed by atoms with E-state index in [-0.39, 0.29) is 0 Å². The van der Waals surface area contributed by atoms with Crippen molar-refractivity contribution in [3.05, 3.63) is 35.9 Å². The first-order valence-corrected chi connectivity index (χ1v) is 7.12. The Hall–Kier alpha value is -0.820. The molecule has 0 heterocycles. The number of nitrogens with one attached hydrogen (secondary N) is 1. The molecule has 1 nitrogen and oxygen atoms in total. The van der Waals surface area contributed by atoms with E-state index < -0.39 is 0 Å². The minimum absolute atomic E-state index is 0.648. The van der Waals surface area contributed by atoms with Gasteiger partial charge in [0.25, 0.3) is 0 Å². The Morgan fingerprint density at radius 1 is 1.24 bits per heavy atom. The van der Waals surface area contributed by atoms with Gasteiger partial charge in [-0.05, 0) is 44.2 Å². The van der Waals surface area contributed by atoms with Gasteiger partial charge in [-0.2, -0.15) is 0 Å². The highest BCUT2D eigenvalue weighted by molar-refractivity contribution is 5.14. The summed E-state index contributed by atoms with van der Waals surface area (Å²) >= 11 is 0. The SMILES string of the molecule is CC(CCc1ccccc1)NCCC1CCC1. The van der Waals surface area contributed by atoms with Crippen LogP contribution in [0.5, 0.6) is 0 Å². The van der Waals surface area contributed by atoms with E-state index in [1.165, 1.54) is 50.6 Å². The second-order valence-electron chi connectivity index (χ2n) is 5.47. The van der Waals surface area contributed by atoms with Crippen molar-refractivity contribution in [3.8, 4) is 0 Å². The molecule has 0 bridgehead atoms. The number of aryl methyl sites for hydroxylation is 1. The van der Waals surface area contributed by atoms with Crippen LogP contribution in [-0.2, 0) is 6.42 Å². The average Bonchev–Trinajstić information content (AvgIpc) is 2.31. The Bertz CT molecular complexity index is 303. The molecule has 1 aliphatic rings. The van der Waals surface area contributed by atoms with Crippen molar-refractivity contribution in [3.63, 3.8) is 0 Å². The fraction of sp³-hybridized carbons (Fsp3) is 0.625. The molecule has 1 atom stereocenters. The summed E-state index contributed by atoms with van der Waals surface area (Å²) in [6.45, 7) is 3.52. The monoisotopic (exact) mass is 231 g/mol. The van der Waals surface area contributed by atoms with E-state index in [1.807, 2.05) is 0 Å². The third-order valence-corrected chi connectivity index (χ3v) is 3.98. The third kappa shape index (κ3) is 4.51. The van der Waals surface area contributed by atoms with Gasteiger partial charge in [0.1, 0.15) is 0 Å². The van der Waals surface area contributed by atoms with Crippen LogP contribution in [0.15, 0.2) is 30.3 Å². The van der Waals surface area contributed by atoms with Crippen molar-refractivity contribution in [1.29, 1.82) is 0 Å². The largest absolute Gasteiger partial charge is 0.314 e. The van der Waals surface area contributed by atoms with Gasteiger partial charge in [-0.15, -0.1) is 0 Å². The van der Waals surface area contributed by atoms with E-state index in [0.29, 0.717) is 6.04 Å². The van der Waals surface area contributed by atoms with E-state index in [9.17, 15) is 0 Å².